The maximum Gasteiger partial charge on any atom is 0.303 e. The molecule has 0 saturated heterocycles. The summed E-state index contributed by atoms with van der Waals surface area (Å²) in [6.45, 7) is 3.82. The van der Waals surface area contributed by atoms with Crippen LogP contribution >= 0.6 is 15.9 Å². The van der Waals surface area contributed by atoms with Gasteiger partial charge < -0.3 is 5.11 Å². The number of pyridine rings is 1. The first-order valence-corrected chi connectivity index (χ1v) is 6.67. The van der Waals surface area contributed by atoms with Gasteiger partial charge in [-0.25, -0.2) is 9.67 Å². The molecule has 1 N–H and O–H groups in total. The SMILES string of the molecule is Cc1nn(-c2ccc(Br)cn2)c(C)c1CCC(=O)O. The van der Waals surface area contributed by atoms with Crippen LogP contribution in [-0.2, 0) is 11.2 Å². The van der Waals surface area contributed by atoms with Crippen LogP contribution in [0, 0.1) is 13.8 Å². The summed E-state index contributed by atoms with van der Waals surface area (Å²) in [5.74, 6) is -0.0707. The van der Waals surface area contributed by atoms with Crippen molar-refractivity contribution < 1.29 is 9.90 Å². The lowest BCUT2D eigenvalue weighted by Gasteiger charge is -2.04. The Morgan fingerprint density at radius 1 is 1.42 bits per heavy atom. The third kappa shape index (κ3) is 3.01. The molecule has 19 heavy (non-hydrogen) atoms. The van der Waals surface area contributed by atoms with E-state index in [2.05, 4.69) is 26.0 Å². The van der Waals surface area contributed by atoms with Crippen LogP contribution in [0.1, 0.15) is 23.4 Å². The molecule has 2 aromatic rings. The summed E-state index contributed by atoms with van der Waals surface area (Å²) in [4.78, 5) is 15.0. The molecule has 100 valence electrons. The fourth-order valence-corrected chi connectivity index (χ4v) is 2.22. The predicted octanol–water partition coefficient (Wildman–Crippen LogP) is 2.66. The number of halogens is 1. The van der Waals surface area contributed by atoms with Gasteiger partial charge in [-0.3, -0.25) is 4.79 Å². The Labute approximate surface area is 119 Å². The van der Waals surface area contributed by atoms with Gasteiger partial charge in [-0.05, 0) is 53.9 Å². The first kappa shape index (κ1) is 13.7. The highest BCUT2D eigenvalue weighted by atomic mass is 79.9. The number of carboxylic acids is 1. The first-order valence-electron chi connectivity index (χ1n) is 5.88. The minimum Gasteiger partial charge on any atom is -0.481 e. The Bertz CT molecular complexity index is 605. The molecule has 0 aliphatic heterocycles. The second-order valence-electron chi connectivity index (χ2n) is 4.29. The van der Waals surface area contributed by atoms with Crippen LogP contribution in [0.15, 0.2) is 22.8 Å². The van der Waals surface area contributed by atoms with Gasteiger partial charge in [0.15, 0.2) is 5.82 Å². The zero-order valence-corrected chi connectivity index (χ0v) is 12.3. The van der Waals surface area contributed by atoms with Crippen molar-refractivity contribution in [1.82, 2.24) is 14.8 Å². The third-order valence-electron chi connectivity index (χ3n) is 2.96. The maximum absolute atomic E-state index is 10.7. The van der Waals surface area contributed by atoms with Crippen LogP contribution in [0.25, 0.3) is 5.82 Å². The van der Waals surface area contributed by atoms with Crippen LogP contribution in [-0.4, -0.2) is 25.8 Å². The number of aliphatic carboxylic acids is 1. The quantitative estimate of drug-likeness (QED) is 0.939. The van der Waals surface area contributed by atoms with E-state index in [1.165, 1.54) is 0 Å². The molecule has 0 bridgehead atoms. The second kappa shape index (κ2) is 5.52. The molecule has 6 heteroatoms. The van der Waals surface area contributed by atoms with Crippen molar-refractivity contribution in [3.63, 3.8) is 0 Å². The Hall–Kier alpha value is -1.69. The van der Waals surface area contributed by atoms with Crippen molar-refractivity contribution in [3.8, 4) is 5.82 Å². The van der Waals surface area contributed by atoms with Crippen molar-refractivity contribution in [2.24, 2.45) is 0 Å². The summed E-state index contributed by atoms with van der Waals surface area (Å²) in [7, 11) is 0. The average molecular weight is 324 g/mol. The molecular weight excluding hydrogens is 310 g/mol. The molecule has 0 radical (unpaired) electrons. The molecule has 0 unspecified atom stereocenters. The minimum absolute atomic E-state index is 0.112. The summed E-state index contributed by atoms with van der Waals surface area (Å²) < 4.78 is 2.66. The summed E-state index contributed by atoms with van der Waals surface area (Å²) >= 11 is 3.34. The molecular formula is C13H14BrN3O2. The number of carbonyl (C=O) groups is 1. The van der Waals surface area contributed by atoms with Crippen LogP contribution < -0.4 is 0 Å². The number of hydrogen-bond donors (Lipinski definition) is 1. The third-order valence-corrected chi connectivity index (χ3v) is 3.43. The van der Waals surface area contributed by atoms with Gasteiger partial charge in [0.25, 0.3) is 0 Å². The van der Waals surface area contributed by atoms with E-state index in [4.69, 9.17) is 5.11 Å². The van der Waals surface area contributed by atoms with E-state index in [-0.39, 0.29) is 6.42 Å². The van der Waals surface area contributed by atoms with Crippen molar-refractivity contribution in [2.45, 2.75) is 26.7 Å². The van der Waals surface area contributed by atoms with E-state index in [0.29, 0.717) is 6.42 Å². The van der Waals surface area contributed by atoms with Crippen LogP contribution in [0.2, 0.25) is 0 Å². The highest BCUT2D eigenvalue weighted by Crippen LogP contribution is 2.19. The smallest absolute Gasteiger partial charge is 0.303 e. The fraction of sp³-hybridized carbons (Fsp3) is 0.308. The Kier molecular flexibility index (Phi) is 3.99. The lowest BCUT2D eigenvalue weighted by Crippen LogP contribution is -2.03. The first-order chi connectivity index (χ1) is 8.99. The maximum atomic E-state index is 10.7. The van der Waals surface area contributed by atoms with E-state index in [9.17, 15) is 4.79 Å². The summed E-state index contributed by atoms with van der Waals surface area (Å²) in [5, 5.41) is 13.2. The monoisotopic (exact) mass is 323 g/mol. The van der Waals surface area contributed by atoms with E-state index >= 15 is 0 Å². The van der Waals surface area contributed by atoms with E-state index < -0.39 is 5.97 Å². The van der Waals surface area contributed by atoms with Crippen LogP contribution in [0.4, 0.5) is 0 Å². The minimum atomic E-state index is -0.798. The summed E-state index contributed by atoms with van der Waals surface area (Å²) in [6.07, 6.45) is 2.31. The van der Waals surface area contributed by atoms with Crippen molar-refractivity contribution >= 4 is 21.9 Å². The highest BCUT2D eigenvalue weighted by molar-refractivity contribution is 9.10. The molecule has 2 rings (SSSR count). The molecule has 0 atom stereocenters. The van der Waals surface area contributed by atoms with Gasteiger partial charge in [0.2, 0.25) is 0 Å². The fourth-order valence-electron chi connectivity index (χ4n) is 1.99. The number of nitrogens with zero attached hydrogens (tertiary/aromatic N) is 3. The van der Waals surface area contributed by atoms with Crippen LogP contribution in [0.3, 0.4) is 0 Å². The molecule has 0 saturated carbocycles. The Morgan fingerprint density at radius 2 is 2.16 bits per heavy atom. The predicted molar refractivity (Wildman–Crippen MR) is 74.5 cm³/mol. The number of aryl methyl sites for hydroxylation is 1. The summed E-state index contributed by atoms with van der Waals surface area (Å²) in [5.41, 5.74) is 2.77. The number of rotatable bonds is 4. The largest absolute Gasteiger partial charge is 0.481 e. The molecule has 2 aromatic heterocycles. The van der Waals surface area contributed by atoms with Crippen molar-refractivity contribution in [2.75, 3.05) is 0 Å². The Balaban J connectivity index is 2.35. The molecule has 0 spiro atoms. The van der Waals surface area contributed by atoms with Gasteiger partial charge in [-0.1, -0.05) is 0 Å². The van der Waals surface area contributed by atoms with Gasteiger partial charge in [-0.15, -0.1) is 0 Å². The molecule has 2 heterocycles. The van der Waals surface area contributed by atoms with E-state index in [1.54, 1.807) is 10.9 Å². The van der Waals surface area contributed by atoms with Crippen molar-refractivity contribution in [1.29, 1.82) is 0 Å². The zero-order chi connectivity index (χ0) is 14.0. The normalized spacial score (nSPS) is 10.7. The number of carboxylic acid groups (broad SMARTS) is 1. The van der Waals surface area contributed by atoms with Gasteiger partial charge in [0.1, 0.15) is 0 Å². The number of hydrogen-bond acceptors (Lipinski definition) is 3. The lowest BCUT2D eigenvalue weighted by molar-refractivity contribution is -0.136. The van der Waals surface area contributed by atoms with E-state index in [1.807, 2.05) is 26.0 Å². The molecule has 0 aromatic carbocycles. The zero-order valence-electron chi connectivity index (χ0n) is 10.7. The second-order valence-corrected chi connectivity index (χ2v) is 5.21. The lowest BCUT2D eigenvalue weighted by atomic mass is 10.1. The highest BCUT2D eigenvalue weighted by Gasteiger charge is 2.14. The molecule has 0 aliphatic rings. The van der Waals surface area contributed by atoms with Crippen molar-refractivity contribution in [3.05, 3.63) is 39.8 Å². The summed E-state index contributed by atoms with van der Waals surface area (Å²) in [6, 6.07) is 3.76. The van der Waals surface area contributed by atoms with Gasteiger partial charge in [0.05, 0.1) is 5.69 Å². The van der Waals surface area contributed by atoms with Gasteiger partial charge in [0, 0.05) is 22.8 Å². The number of aromatic nitrogens is 3. The molecule has 0 fully saturated rings. The average Bonchev–Trinajstić information content (AvgIpc) is 2.63. The van der Waals surface area contributed by atoms with Crippen LogP contribution in [0.5, 0.6) is 0 Å². The topological polar surface area (TPSA) is 68.0 Å². The molecule has 5 nitrogen and oxygen atoms in total. The van der Waals surface area contributed by atoms with E-state index in [0.717, 1.165) is 27.2 Å². The molecule has 0 amide bonds. The molecule has 0 aliphatic carbocycles. The van der Waals surface area contributed by atoms with Gasteiger partial charge >= 0.3 is 5.97 Å². The van der Waals surface area contributed by atoms with Gasteiger partial charge in [-0.2, -0.15) is 5.10 Å². The Morgan fingerprint density at radius 3 is 2.74 bits per heavy atom. The standard InChI is InChI=1S/C13H14BrN3O2/c1-8-11(4-6-13(18)19)9(2)17(16-8)12-5-3-10(14)7-15-12/h3,5,7H,4,6H2,1-2H3,(H,18,19).